The quantitative estimate of drug-likeness (QED) is 0.0117. The fraction of sp³-hybridized carbons (Fsp3) is 0.577. The zero-order chi connectivity index (χ0) is 77.8. The lowest BCUT2D eigenvalue weighted by molar-refractivity contribution is -0.143. The normalized spacial score (nSPS) is 16.0. The molecule has 1 saturated heterocycles. The average molecular weight is 1480 g/mol. The third kappa shape index (κ3) is 27.2. The number of hydrogen-bond donors (Lipinski definition) is 19. The van der Waals surface area contributed by atoms with Crippen molar-refractivity contribution in [2.24, 2.45) is 68.1 Å². The molecule has 12 atom stereocenters. The summed E-state index contributed by atoms with van der Waals surface area (Å²) in [6.07, 6.45) is 3.82. The summed E-state index contributed by atoms with van der Waals surface area (Å²) in [5.41, 5.74) is 36.7. The minimum absolute atomic E-state index is 0.0110. The third-order valence-electron chi connectivity index (χ3n) is 18.1. The van der Waals surface area contributed by atoms with E-state index in [1.54, 1.807) is 78.2 Å². The number of aliphatic carboxylic acids is 1. The number of carboxylic acids is 1. The Morgan fingerprint density at radius 1 is 0.533 bits per heavy atom. The molecule has 0 radical (unpaired) electrons. The van der Waals surface area contributed by atoms with E-state index in [9.17, 15) is 53.1 Å². The van der Waals surface area contributed by atoms with Gasteiger partial charge in [0.1, 0.15) is 60.4 Å². The van der Waals surface area contributed by atoms with Gasteiger partial charge in [-0.05, 0) is 111 Å². The van der Waals surface area contributed by atoms with E-state index >= 15 is 9.59 Å². The van der Waals surface area contributed by atoms with E-state index in [-0.39, 0.29) is 113 Å². The van der Waals surface area contributed by atoms with Gasteiger partial charge in [-0.1, -0.05) is 98.2 Å². The summed E-state index contributed by atoms with van der Waals surface area (Å²) in [7, 11) is 0. The van der Waals surface area contributed by atoms with Crippen molar-refractivity contribution in [3.8, 4) is 0 Å². The van der Waals surface area contributed by atoms with Gasteiger partial charge in [-0.2, -0.15) is 12.6 Å². The lowest BCUT2D eigenvalue weighted by Crippen LogP contribution is -2.61. The van der Waals surface area contributed by atoms with Gasteiger partial charge in [0, 0.05) is 78.8 Å². The number of carbonyl (C=O) groups excluding carboxylic acids is 11. The number of primary amides is 1. The average Bonchev–Trinajstić information content (AvgIpc) is 1.73. The van der Waals surface area contributed by atoms with Crippen LogP contribution in [-0.2, 0) is 70.4 Å². The van der Waals surface area contributed by atoms with Crippen molar-refractivity contribution in [1.29, 1.82) is 0 Å². The smallest absolute Gasteiger partial charge is 0.326 e. The zero-order valence-electron chi connectivity index (χ0n) is 61.3. The van der Waals surface area contributed by atoms with E-state index < -0.39 is 156 Å². The topological polar surface area (TPSA) is 549 Å². The summed E-state index contributed by atoms with van der Waals surface area (Å²) in [6.45, 7) is 14.6. The highest BCUT2D eigenvalue weighted by atomic mass is 32.1. The number of carboxylic acid groups (broad SMARTS) is 1. The van der Waals surface area contributed by atoms with Gasteiger partial charge in [-0.3, -0.25) is 62.7 Å². The first kappa shape index (κ1) is 85.7. The van der Waals surface area contributed by atoms with Crippen LogP contribution in [0.25, 0.3) is 21.8 Å². The van der Waals surface area contributed by atoms with E-state index in [0.717, 1.165) is 10.9 Å². The molecule has 0 unspecified atom stereocenters. The predicted octanol–water partition coefficient (Wildman–Crippen LogP) is -0.313. The molecule has 34 heteroatoms. The molecular weight excluding hydrogens is 1370 g/mol. The minimum Gasteiger partial charge on any atom is -0.480 e. The van der Waals surface area contributed by atoms with Crippen molar-refractivity contribution >= 4 is 117 Å². The minimum atomic E-state index is -1.62. The number of likely N-dealkylation sites (tertiary alicyclic amines) is 1. The van der Waals surface area contributed by atoms with Crippen LogP contribution in [-0.4, -0.2) is 195 Å². The number of fused-ring (bicyclic) bond motifs is 2. The Kier molecular flexibility index (Phi) is 34.3. The highest BCUT2D eigenvalue weighted by molar-refractivity contribution is 7.80. The molecule has 4 aromatic rings. The van der Waals surface area contributed by atoms with Gasteiger partial charge in [0.2, 0.25) is 65.0 Å². The number of aromatic amines is 2. The molecule has 2 aromatic heterocycles. The van der Waals surface area contributed by atoms with E-state index in [0.29, 0.717) is 41.3 Å². The third-order valence-corrected chi connectivity index (χ3v) is 18.5. The maximum Gasteiger partial charge on any atom is 0.326 e. The standard InChI is InChI=1S/C71H110N20O13S/c1-9-40(8)58(90-66(100)55(36-105)89-65(99)52(32-41-34-80-46-20-12-10-17-43(41)46)84-59(93)45(72)19-14-26-78-70(74)75)68(102)91-28-16-23-56(91)67(101)87-53(33-42-35-81-47-21-13-11-18-44(42)47)64(98)83-49(24-25-57(73)92)61(95)82-48(22-15-27-79-71(76)77)60(94)85-50(29-37(2)3)62(96)86-51(30-38(4)5)63(97)88-54(69(103)104)31-39(6)7/h10-13,17-18,20-21,34-35,37-40,45,48-56,58,80-81,105H,9,14-16,19,22-33,36,72H2,1-8H3,(H2,73,92)(H,82,95)(H,83,98)(H,84,93)(H,85,94)(H,86,96)(H,87,101)(H,88,97)(H,89,99)(H,90,100)(H,103,104)(H4,74,75,78)(H4,76,77,79)/t40-,45-,48-,49-,50-,51-,52-,53-,54-,55-,56-,58-/m0/s1. The zero-order valence-corrected chi connectivity index (χ0v) is 62.2. The number of thiol groups is 1. The van der Waals surface area contributed by atoms with E-state index in [1.165, 1.54) is 4.90 Å². The largest absolute Gasteiger partial charge is 0.480 e. The summed E-state index contributed by atoms with van der Waals surface area (Å²) in [5.74, 6) is -11.7. The highest BCUT2D eigenvalue weighted by Gasteiger charge is 2.42. The molecule has 0 aliphatic carbocycles. The lowest BCUT2D eigenvalue weighted by atomic mass is 9.96. The number of H-pyrrole nitrogens is 2. The first-order chi connectivity index (χ1) is 49.7. The molecule has 578 valence electrons. The monoisotopic (exact) mass is 1480 g/mol. The van der Waals surface area contributed by atoms with Gasteiger partial charge in [-0.15, -0.1) is 0 Å². The molecule has 0 bridgehead atoms. The summed E-state index contributed by atoms with van der Waals surface area (Å²) in [4.78, 5) is 185. The summed E-state index contributed by atoms with van der Waals surface area (Å²) in [6, 6.07) is 0.0121. The Hall–Kier alpha value is -9.99. The van der Waals surface area contributed by atoms with Crippen LogP contribution in [0.5, 0.6) is 0 Å². The molecule has 1 aliphatic rings. The number of aliphatic imine (C=N–C) groups is 2. The van der Waals surface area contributed by atoms with Gasteiger partial charge in [0.25, 0.3) is 0 Å². The number of aromatic nitrogens is 2. The SMILES string of the molecule is CC[C@H](C)[C@H](NC(=O)[C@H](CS)NC(=O)[C@H](Cc1c[nH]c2ccccc12)NC(=O)[C@@H](N)CCCN=C(N)N)C(=O)N1CCC[C@H]1C(=O)N[C@@H](Cc1c[nH]c2ccccc12)C(=O)N[C@@H](CCC(N)=O)C(=O)N[C@@H](CCCN=C(N)N)C(=O)N[C@@H](CC(C)C)C(=O)N[C@@H](CC(C)C)C(=O)N[C@@H](CC(C)C)C(=O)O. The van der Waals surface area contributed by atoms with Crippen LogP contribution in [0.4, 0.5) is 0 Å². The number of amides is 11. The van der Waals surface area contributed by atoms with Gasteiger partial charge < -0.3 is 102 Å². The van der Waals surface area contributed by atoms with Crippen LogP contribution in [0.2, 0.25) is 0 Å². The van der Waals surface area contributed by atoms with Crippen LogP contribution < -0.4 is 82.3 Å². The molecule has 5 rings (SSSR count). The summed E-state index contributed by atoms with van der Waals surface area (Å²) < 4.78 is 0. The number of rotatable bonds is 44. The fourth-order valence-electron chi connectivity index (χ4n) is 12.3. The van der Waals surface area contributed by atoms with Crippen LogP contribution in [0.15, 0.2) is 70.9 Å². The van der Waals surface area contributed by atoms with Crippen LogP contribution in [0.1, 0.15) is 144 Å². The number of nitrogens with two attached hydrogens (primary N) is 6. The maximum atomic E-state index is 15.1. The van der Waals surface area contributed by atoms with Crippen LogP contribution in [0, 0.1) is 23.7 Å². The van der Waals surface area contributed by atoms with Crippen molar-refractivity contribution in [2.45, 2.75) is 212 Å². The number of guanidine groups is 2. The number of carbonyl (C=O) groups is 12. The van der Waals surface area contributed by atoms with Gasteiger partial charge in [0.15, 0.2) is 11.9 Å². The molecular formula is C71H110N20O13S. The Bertz CT molecular complexity index is 3700. The van der Waals surface area contributed by atoms with Gasteiger partial charge >= 0.3 is 5.97 Å². The predicted molar refractivity (Wildman–Crippen MR) is 402 cm³/mol. The highest BCUT2D eigenvalue weighted by Crippen LogP contribution is 2.25. The van der Waals surface area contributed by atoms with E-state index in [1.807, 2.05) is 38.1 Å². The molecule has 0 saturated carbocycles. The first-order valence-corrected chi connectivity index (χ1v) is 36.5. The molecule has 11 amide bonds. The first-order valence-electron chi connectivity index (χ1n) is 35.8. The van der Waals surface area contributed by atoms with Crippen LogP contribution in [0.3, 0.4) is 0 Å². The maximum absolute atomic E-state index is 15.1. The molecule has 1 fully saturated rings. The number of benzene rings is 2. The number of nitrogens with one attached hydrogen (secondary N) is 11. The Morgan fingerprint density at radius 3 is 1.41 bits per heavy atom. The van der Waals surface area contributed by atoms with Gasteiger partial charge in [0.05, 0.1) is 6.04 Å². The molecule has 3 heterocycles. The second-order valence-corrected chi connectivity index (χ2v) is 28.5. The summed E-state index contributed by atoms with van der Waals surface area (Å²) >= 11 is 4.43. The van der Waals surface area contributed by atoms with Crippen molar-refractivity contribution in [3.63, 3.8) is 0 Å². The Balaban J connectivity index is 1.41. The molecule has 24 N–H and O–H groups in total. The van der Waals surface area contributed by atoms with Crippen LogP contribution >= 0.6 is 12.6 Å². The van der Waals surface area contributed by atoms with Crippen molar-refractivity contribution in [3.05, 3.63) is 72.1 Å². The number of hydrogen-bond acceptors (Lipinski definition) is 16. The van der Waals surface area contributed by atoms with Crippen molar-refractivity contribution in [1.82, 2.24) is 62.7 Å². The fourth-order valence-corrected chi connectivity index (χ4v) is 12.6. The summed E-state index contributed by atoms with van der Waals surface area (Å²) in [5, 5.41) is 35.8. The molecule has 1 aliphatic heterocycles. The lowest BCUT2D eigenvalue weighted by Gasteiger charge is -2.33. The molecule has 2 aromatic carbocycles. The molecule has 33 nitrogen and oxygen atoms in total. The second kappa shape index (κ2) is 42.1. The number of para-hydroxylation sites is 2. The van der Waals surface area contributed by atoms with E-state index in [2.05, 4.69) is 80.4 Å². The Morgan fingerprint density at radius 2 is 0.943 bits per heavy atom. The van der Waals surface area contributed by atoms with E-state index in [4.69, 9.17) is 34.4 Å². The van der Waals surface area contributed by atoms with Crippen molar-refractivity contribution in [2.75, 3.05) is 25.4 Å². The molecule has 0 spiro atoms. The Labute approximate surface area is 617 Å². The van der Waals surface area contributed by atoms with Gasteiger partial charge in [-0.25, -0.2) is 4.79 Å². The second-order valence-electron chi connectivity index (χ2n) is 28.1. The molecule has 105 heavy (non-hydrogen) atoms. The van der Waals surface area contributed by atoms with Crippen molar-refractivity contribution < 1.29 is 62.6 Å². The number of nitrogens with zero attached hydrogens (tertiary/aromatic N) is 3.